The van der Waals surface area contributed by atoms with Crippen molar-refractivity contribution in [3.8, 4) is 23.1 Å². The minimum absolute atomic E-state index is 0.431. The van der Waals surface area contributed by atoms with E-state index in [-0.39, 0.29) is 0 Å². The van der Waals surface area contributed by atoms with Crippen LogP contribution in [-0.4, -0.2) is 55.8 Å². The molecular formula is C29H38N4O3. The van der Waals surface area contributed by atoms with Crippen molar-refractivity contribution in [2.75, 3.05) is 45.2 Å². The standard InChI is InChI=1S/C26H32N4O.C3H6O2/c1-3-30-25-18-22(31-17-7-16-29-14-5-4-6-15-29)12-13-23(25)24(19-27)26(30)20-8-10-21(28-2)11-9-20;1-2-5-3-4/h8-13,18,28H,3-7,14-17H2,1-2H3;3H,2H2,1H3. The molecule has 1 aliphatic heterocycles. The van der Waals surface area contributed by atoms with Crippen LogP contribution in [0.2, 0.25) is 0 Å². The summed E-state index contributed by atoms with van der Waals surface area (Å²) >= 11 is 0. The number of carbonyl (C=O) groups is 1. The summed E-state index contributed by atoms with van der Waals surface area (Å²) in [5, 5.41) is 14.1. The number of aryl methyl sites for hydroxylation is 1. The first-order valence-corrected chi connectivity index (χ1v) is 12.9. The number of carbonyl (C=O) groups excluding carboxylic acids is 1. The van der Waals surface area contributed by atoms with Crippen LogP contribution in [0.15, 0.2) is 42.5 Å². The van der Waals surface area contributed by atoms with E-state index in [1.54, 1.807) is 6.92 Å². The van der Waals surface area contributed by atoms with E-state index in [1.807, 2.05) is 31.3 Å². The number of hydrogen-bond donors (Lipinski definition) is 1. The number of nitriles is 1. The zero-order chi connectivity index (χ0) is 25.8. The number of anilines is 1. The third kappa shape index (κ3) is 6.79. The molecule has 0 bridgehead atoms. The van der Waals surface area contributed by atoms with Crippen LogP contribution in [0.4, 0.5) is 5.69 Å². The molecule has 0 unspecified atom stereocenters. The molecule has 2 aromatic carbocycles. The molecule has 4 rings (SSSR count). The predicted molar refractivity (Wildman–Crippen MR) is 145 cm³/mol. The Labute approximate surface area is 214 Å². The van der Waals surface area contributed by atoms with Gasteiger partial charge in [0, 0.05) is 37.3 Å². The normalized spacial score (nSPS) is 13.4. The Kier molecular flexibility index (Phi) is 10.7. The molecule has 192 valence electrons. The van der Waals surface area contributed by atoms with Crippen molar-refractivity contribution in [3.05, 3.63) is 48.0 Å². The lowest BCUT2D eigenvalue weighted by Crippen LogP contribution is -2.31. The zero-order valence-corrected chi connectivity index (χ0v) is 21.8. The molecule has 0 saturated carbocycles. The number of likely N-dealkylation sites (tertiary alicyclic amines) is 1. The zero-order valence-electron chi connectivity index (χ0n) is 21.8. The maximum Gasteiger partial charge on any atom is 0.293 e. The molecule has 0 radical (unpaired) electrons. The van der Waals surface area contributed by atoms with E-state index in [4.69, 9.17) is 4.74 Å². The summed E-state index contributed by atoms with van der Waals surface area (Å²) in [4.78, 5) is 11.7. The van der Waals surface area contributed by atoms with Gasteiger partial charge in [0.2, 0.25) is 0 Å². The molecular weight excluding hydrogens is 452 g/mol. The van der Waals surface area contributed by atoms with Gasteiger partial charge in [-0.3, -0.25) is 4.79 Å². The lowest BCUT2D eigenvalue weighted by Gasteiger charge is -2.26. The van der Waals surface area contributed by atoms with E-state index in [0.29, 0.717) is 13.1 Å². The van der Waals surface area contributed by atoms with Gasteiger partial charge >= 0.3 is 0 Å². The maximum atomic E-state index is 9.94. The van der Waals surface area contributed by atoms with Gasteiger partial charge in [0.1, 0.15) is 11.8 Å². The minimum atomic E-state index is 0.431. The van der Waals surface area contributed by atoms with Gasteiger partial charge in [0.25, 0.3) is 6.47 Å². The first-order chi connectivity index (χ1) is 17.7. The smallest absolute Gasteiger partial charge is 0.293 e. The highest BCUT2D eigenvalue weighted by Gasteiger charge is 2.18. The fourth-order valence-corrected chi connectivity index (χ4v) is 4.68. The Balaban J connectivity index is 0.000000658. The fourth-order valence-electron chi connectivity index (χ4n) is 4.68. The first kappa shape index (κ1) is 27.1. The van der Waals surface area contributed by atoms with Crippen LogP contribution in [0.5, 0.6) is 5.75 Å². The highest BCUT2D eigenvalue weighted by atomic mass is 16.5. The van der Waals surface area contributed by atoms with Gasteiger partial charge in [-0.05, 0) is 76.0 Å². The van der Waals surface area contributed by atoms with E-state index in [9.17, 15) is 10.1 Å². The number of rotatable bonds is 10. The first-order valence-electron chi connectivity index (χ1n) is 12.9. The van der Waals surface area contributed by atoms with Crippen LogP contribution in [0.1, 0.15) is 45.1 Å². The summed E-state index contributed by atoms with van der Waals surface area (Å²) in [6.07, 6.45) is 5.06. The molecule has 36 heavy (non-hydrogen) atoms. The molecule has 1 aromatic heterocycles. The van der Waals surface area contributed by atoms with Gasteiger partial charge in [-0.15, -0.1) is 0 Å². The van der Waals surface area contributed by atoms with E-state index in [0.717, 1.165) is 65.3 Å². The SMILES string of the molecule is CCOC=O.CCn1c(-c2ccc(NC)cc2)c(C#N)c2ccc(OCCCN3CCCCC3)cc21. The Hall–Kier alpha value is -3.50. The second kappa shape index (κ2) is 14.2. The topological polar surface area (TPSA) is 79.5 Å². The van der Waals surface area contributed by atoms with Gasteiger partial charge in [-0.2, -0.15) is 5.26 Å². The number of ether oxygens (including phenoxy) is 2. The van der Waals surface area contributed by atoms with Crippen LogP contribution >= 0.6 is 0 Å². The molecule has 2 heterocycles. The number of aromatic nitrogens is 1. The van der Waals surface area contributed by atoms with Crippen LogP contribution < -0.4 is 10.1 Å². The average Bonchev–Trinajstić information content (AvgIpc) is 3.25. The molecule has 1 aliphatic rings. The Bertz CT molecular complexity index is 1140. The second-order valence-corrected chi connectivity index (χ2v) is 8.74. The number of benzene rings is 2. The van der Waals surface area contributed by atoms with Crippen LogP contribution in [0.25, 0.3) is 22.2 Å². The minimum Gasteiger partial charge on any atom is -0.493 e. The summed E-state index contributed by atoms with van der Waals surface area (Å²) in [5.41, 5.74) is 4.87. The molecule has 1 fully saturated rings. The molecule has 0 spiro atoms. The maximum absolute atomic E-state index is 9.94. The van der Waals surface area contributed by atoms with Crippen LogP contribution in [-0.2, 0) is 16.1 Å². The highest BCUT2D eigenvalue weighted by Crippen LogP contribution is 2.35. The summed E-state index contributed by atoms with van der Waals surface area (Å²) in [6.45, 7) is 9.86. The molecule has 1 saturated heterocycles. The number of fused-ring (bicyclic) bond motifs is 1. The van der Waals surface area contributed by atoms with E-state index in [2.05, 4.69) is 50.7 Å². The van der Waals surface area contributed by atoms with Crippen LogP contribution in [0, 0.1) is 11.3 Å². The molecule has 0 aliphatic carbocycles. The Morgan fingerprint density at radius 2 is 1.83 bits per heavy atom. The van der Waals surface area contributed by atoms with Crippen molar-refractivity contribution >= 4 is 23.1 Å². The van der Waals surface area contributed by atoms with Crippen molar-refractivity contribution in [2.24, 2.45) is 0 Å². The monoisotopic (exact) mass is 490 g/mol. The fraction of sp³-hybridized carbons (Fsp3) is 0.448. The van der Waals surface area contributed by atoms with Gasteiger partial charge in [0.05, 0.1) is 30.0 Å². The van der Waals surface area contributed by atoms with Crippen molar-refractivity contribution in [3.63, 3.8) is 0 Å². The van der Waals surface area contributed by atoms with Gasteiger partial charge in [-0.1, -0.05) is 18.6 Å². The number of nitrogens with zero attached hydrogens (tertiary/aromatic N) is 3. The van der Waals surface area contributed by atoms with Crippen molar-refractivity contribution in [1.29, 1.82) is 5.26 Å². The van der Waals surface area contributed by atoms with E-state index < -0.39 is 0 Å². The van der Waals surface area contributed by atoms with Crippen molar-refractivity contribution < 1.29 is 14.3 Å². The molecule has 0 amide bonds. The summed E-state index contributed by atoms with van der Waals surface area (Å²) < 4.78 is 12.5. The molecule has 0 atom stereocenters. The number of piperidine rings is 1. The average molecular weight is 491 g/mol. The van der Waals surface area contributed by atoms with E-state index >= 15 is 0 Å². The summed E-state index contributed by atoms with van der Waals surface area (Å²) in [6, 6.07) is 16.8. The van der Waals surface area contributed by atoms with Gasteiger partial charge < -0.3 is 24.3 Å². The lowest BCUT2D eigenvalue weighted by molar-refractivity contribution is -0.128. The summed E-state index contributed by atoms with van der Waals surface area (Å²) in [5.74, 6) is 0.875. The van der Waals surface area contributed by atoms with Crippen molar-refractivity contribution in [1.82, 2.24) is 9.47 Å². The van der Waals surface area contributed by atoms with Crippen LogP contribution in [0.3, 0.4) is 0 Å². The molecule has 1 N–H and O–H groups in total. The molecule has 7 nitrogen and oxygen atoms in total. The van der Waals surface area contributed by atoms with Crippen molar-refractivity contribution in [2.45, 2.75) is 46.1 Å². The van der Waals surface area contributed by atoms with Gasteiger partial charge in [-0.25, -0.2) is 0 Å². The lowest BCUT2D eigenvalue weighted by atomic mass is 10.1. The Morgan fingerprint density at radius 3 is 2.42 bits per heavy atom. The summed E-state index contributed by atoms with van der Waals surface area (Å²) in [7, 11) is 1.91. The Morgan fingerprint density at radius 1 is 1.08 bits per heavy atom. The molecule has 3 aromatic rings. The third-order valence-corrected chi connectivity index (χ3v) is 6.48. The largest absolute Gasteiger partial charge is 0.493 e. The number of hydrogen-bond acceptors (Lipinski definition) is 6. The second-order valence-electron chi connectivity index (χ2n) is 8.74. The number of nitrogens with one attached hydrogen (secondary N) is 1. The predicted octanol–water partition coefficient (Wildman–Crippen LogP) is 5.68. The third-order valence-electron chi connectivity index (χ3n) is 6.48. The highest BCUT2D eigenvalue weighted by molar-refractivity contribution is 5.95. The quantitative estimate of drug-likeness (QED) is 0.291. The molecule has 7 heteroatoms. The van der Waals surface area contributed by atoms with Gasteiger partial charge in [0.15, 0.2) is 0 Å². The van der Waals surface area contributed by atoms with E-state index in [1.165, 1.54) is 32.4 Å².